The third-order valence-electron chi connectivity index (χ3n) is 3.49. The van der Waals surface area contributed by atoms with Crippen molar-refractivity contribution in [2.45, 2.75) is 25.3 Å². The first-order valence-electron chi connectivity index (χ1n) is 6.89. The van der Waals surface area contributed by atoms with Crippen LogP contribution in [0.2, 0.25) is 0 Å². The Kier molecular flexibility index (Phi) is 4.95. The van der Waals surface area contributed by atoms with E-state index in [0.717, 1.165) is 5.56 Å². The maximum atomic E-state index is 10.4. The van der Waals surface area contributed by atoms with Gasteiger partial charge in [-0.3, -0.25) is 4.79 Å². The van der Waals surface area contributed by atoms with Crippen LogP contribution in [0.3, 0.4) is 0 Å². The number of phenols is 1. The minimum absolute atomic E-state index is 0.160. The van der Waals surface area contributed by atoms with Crippen molar-refractivity contribution < 1.29 is 15.0 Å². The molecule has 0 aromatic heterocycles. The third-order valence-corrected chi connectivity index (χ3v) is 3.49. The van der Waals surface area contributed by atoms with Crippen molar-refractivity contribution in [2.24, 2.45) is 5.73 Å². The summed E-state index contributed by atoms with van der Waals surface area (Å²) in [7, 11) is 0. The van der Waals surface area contributed by atoms with E-state index >= 15 is 0 Å². The SMILES string of the molecule is NC(Cc1ccc(O)cc1)C(=O)O.c1ccc2c(c1)CC2. The fourth-order valence-corrected chi connectivity index (χ4v) is 2.11. The first kappa shape index (κ1) is 15.1. The van der Waals surface area contributed by atoms with E-state index < -0.39 is 12.0 Å². The van der Waals surface area contributed by atoms with Crippen molar-refractivity contribution in [1.82, 2.24) is 0 Å². The van der Waals surface area contributed by atoms with Gasteiger partial charge in [0.25, 0.3) is 0 Å². The first-order chi connectivity index (χ1) is 10.1. The van der Waals surface area contributed by atoms with Crippen LogP contribution in [-0.4, -0.2) is 22.2 Å². The molecule has 3 rings (SSSR count). The van der Waals surface area contributed by atoms with E-state index in [1.807, 2.05) is 0 Å². The molecule has 0 aliphatic heterocycles. The highest BCUT2D eigenvalue weighted by molar-refractivity contribution is 5.73. The number of aromatic hydroxyl groups is 1. The van der Waals surface area contributed by atoms with Crippen LogP contribution in [0, 0.1) is 0 Å². The number of fused-ring (bicyclic) bond motifs is 1. The zero-order chi connectivity index (χ0) is 15.2. The molecule has 0 radical (unpaired) electrons. The van der Waals surface area contributed by atoms with Crippen molar-refractivity contribution >= 4 is 5.97 Å². The largest absolute Gasteiger partial charge is 0.508 e. The number of rotatable bonds is 3. The molecule has 4 N–H and O–H groups in total. The van der Waals surface area contributed by atoms with Gasteiger partial charge in [-0.05, 0) is 48.1 Å². The summed E-state index contributed by atoms with van der Waals surface area (Å²) in [6, 6.07) is 14.1. The van der Waals surface area contributed by atoms with Crippen LogP contribution in [0.25, 0.3) is 0 Å². The Labute approximate surface area is 123 Å². The van der Waals surface area contributed by atoms with Crippen LogP contribution >= 0.6 is 0 Å². The molecule has 2 aromatic carbocycles. The minimum atomic E-state index is -1.02. The second kappa shape index (κ2) is 6.90. The minimum Gasteiger partial charge on any atom is -0.508 e. The average Bonchev–Trinajstić information content (AvgIpc) is 2.43. The first-order valence-corrected chi connectivity index (χ1v) is 6.89. The predicted molar refractivity (Wildman–Crippen MR) is 81.3 cm³/mol. The van der Waals surface area contributed by atoms with Gasteiger partial charge in [0.05, 0.1) is 0 Å². The summed E-state index contributed by atoms with van der Waals surface area (Å²) in [6.45, 7) is 0. The highest BCUT2D eigenvalue weighted by Crippen LogP contribution is 2.20. The molecule has 110 valence electrons. The van der Waals surface area contributed by atoms with Gasteiger partial charge < -0.3 is 15.9 Å². The maximum absolute atomic E-state index is 10.4. The molecule has 0 fully saturated rings. The lowest BCUT2D eigenvalue weighted by Gasteiger charge is -2.16. The highest BCUT2D eigenvalue weighted by atomic mass is 16.4. The van der Waals surface area contributed by atoms with Crippen molar-refractivity contribution in [3.63, 3.8) is 0 Å². The highest BCUT2D eigenvalue weighted by Gasteiger charge is 2.11. The van der Waals surface area contributed by atoms with Crippen LogP contribution in [0.4, 0.5) is 0 Å². The van der Waals surface area contributed by atoms with Crippen molar-refractivity contribution in [2.75, 3.05) is 0 Å². The summed E-state index contributed by atoms with van der Waals surface area (Å²) in [6.07, 6.45) is 2.88. The van der Waals surface area contributed by atoms with Crippen LogP contribution in [0.5, 0.6) is 5.75 Å². The molecule has 4 heteroatoms. The summed E-state index contributed by atoms with van der Waals surface area (Å²) in [5, 5.41) is 17.5. The van der Waals surface area contributed by atoms with Gasteiger partial charge in [-0.15, -0.1) is 0 Å². The molecule has 0 saturated heterocycles. The normalized spacial score (nSPS) is 13.2. The van der Waals surface area contributed by atoms with Crippen LogP contribution < -0.4 is 5.73 Å². The average molecular weight is 285 g/mol. The Bertz CT molecular complexity index is 585. The second-order valence-electron chi connectivity index (χ2n) is 5.08. The molecule has 0 amide bonds. The number of aliphatic carboxylic acids is 1. The Balaban J connectivity index is 0.000000170. The Morgan fingerprint density at radius 3 is 1.95 bits per heavy atom. The van der Waals surface area contributed by atoms with E-state index in [0.29, 0.717) is 0 Å². The van der Waals surface area contributed by atoms with Crippen LogP contribution in [0.1, 0.15) is 16.7 Å². The topological polar surface area (TPSA) is 83.5 Å². The van der Waals surface area contributed by atoms with Crippen molar-refractivity contribution in [1.29, 1.82) is 0 Å². The van der Waals surface area contributed by atoms with Crippen LogP contribution in [0.15, 0.2) is 48.5 Å². The van der Waals surface area contributed by atoms with Gasteiger partial charge in [0.2, 0.25) is 0 Å². The summed E-state index contributed by atoms with van der Waals surface area (Å²) in [4.78, 5) is 10.4. The van der Waals surface area contributed by atoms with Crippen molar-refractivity contribution in [3.05, 3.63) is 65.2 Å². The van der Waals surface area contributed by atoms with E-state index in [4.69, 9.17) is 15.9 Å². The number of carboxylic acid groups (broad SMARTS) is 1. The molecular formula is C17H19NO3. The Hall–Kier alpha value is -2.33. The fraction of sp³-hybridized carbons (Fsp3) is 0.235. The van der Waals surface area contributed by atoms with E-state index in [1.54, 1.807) is 23.3 Å². The van der Waals surface area contributed by atoms with E-state index in [-0.39, 0.29) is 12.2 Å². The van der Waals surface area contributed by atoms with Gasteiger partial charge in [-0.2, -0.15) is 0 Å². The molecule has 2 aromatic rings. The van der Waals surface area contributed by atoms with E-state index in [9.17, 15) is 4.79 Å². The maximum Gasteiger partial charge on any atom is 0.320 e. The number of aryl methyl sites for hydroxylation is 2. The number of carbonyl (C=O) groups is 1. The third kappa shape index (κ3) is 4.33. The number of benzene rings is 2. The van der Waals surface area contributed by atoms with Gasteiger partial charge in [-0.1, -0.05) is 36.4 Å². The quantitative estimate of drug-likeness (QED) is 0.806. The second-order valence-corrected chi connectivity index (χ2v) is 5.08. The smallest absolute Gasteiger partial charge is 0.320 e. The molecule has 1 unspecified atom stereocenters. The predicted octanol–water partition coefficient (Wildman–Crippen LogP) is 2.13. The summed E-state index contributed by atoms with van der Waals surface area (Å²) in [5.74, 6) is -0.860. The summed E-state index contributed by atoms with van der Waals surface area (Å²) in [5.41, 5.74) is 9.22. The summed E-state index contributed by atoms with van der Waals surface area (Å²) < 4.78 is 0. The summed E-state index contributed by atoms with van der Waals surface area (Å²) >= 11 is 0. The van der Waals surface area contributed by atoms with Gasteiger partial charge in [0.15, 0.2) is 0 Å². The number of nitrogens with two attached hydrogens (primary N) is 1. The molecule has 0 bridgehead atoms. The van der Waals surface area contributed by atoms with E-state index in [1.165, 1.54) is 25.0 Å². The molecule has 0 saturated carbocycles. The number of hydrogen-bond acceptors (Lipinski definition) is 3. The lowest BCUT2D eigenvalue weighted by Crippen LogP contribution is -2.32. The van der Waals surface area contributed by atoms with Crippen molar-refractivity contribution in [3.8, 4) is 5.75 Å². The monoisotopic (exact) mass is 285 g/mol. The number of phenolic OH excluding ortho intramolecular Hbond substituents is 1. The van der Waals surface area contributed by atoms with Gasteiger partial charge in [0, 0.05) is 0 Å². The number of carboxylic acids is 1. The molecule has 4 nitrogen and oxygen atoms in total. The number of hydrogen-bond donors (Lipinski definition) is 3. The lowest BCUT2D eigenvalue weighted by atomic mass is 9.89. The van der Waals surface area contributed by atoms with Crippen LogP contribution in [-0.2, 0) is 24.1 Å². The standard InChI is InChI=1S/C9H11NO3.C8H8/c10-8(9(12)13)5-6-1-3-7(11)4-2-6;1-2-4-8-6-5-7(8)3-1/h1-4,8,11H,5,10H2,(H,12,13);1-4H,5-6H2. The molecule has 21 heavy (non-hydrogen) atoms. The van der Waals surface area contributed by atoms with E-state index in [2.05, 4.69) is 24.3 Å². The molecule has 0 spiro atoms. The Morgan fingerprint density at radius 1 is 1.05 bits per heavy atom. The molecule has 0 heterocycles. The molecule has 1 atom stereocenters. The zero-order valence-corrected chi connectivity index (χ0v) is 11.7. The van der Waals surface area contributed by atoms with Gasteiger partial charge >= 0.3 is 5.97 Å². The van der Waals surface area contributed by atoms with Gasteiger partial charge in [-0.25, -0.2) is 0 Å². The lowest BCUT2D eigenvalue weighted by molar-refractivity contribution is -0.138. The zero-order valence-electron chi connectivity index (χ0n) is 11.7. The van der Waals surface area contributed by atoms with Gasteiger partial charge in [0.1, 0.15) is 11.8 Å². The molecular weight excluding hydrogens is 266 g/mol. The molecule has 1 aliphatic carbocycles. The Morgan fingerprint density at radius 2 is 1.57 bits per heavy atom. The fourth-order valence-electron chi connectivity index (χ4n) is 2.11. The molecule has 1 aliphatic rings.